The van der Waals surface area contributed by atoms with Gasteiger partial charge in [0.05, 0.1) is 32.3 Å². The van der Waals surface area contributed by atoms with Crippen LogP contribution in [-0.2, 0) is 25.6 Å². The lowest BCUT2D eigenvalue weighted by molar-refractivity contribution is -0.134. The summed E-state index contributed by atoms with van der Waals surface area (Å²) in [6.45, 7) is 5.95. The number of methoxy groups -OCH3 is 1. The lowest BCUT2D eigenvalue weighted by Gasteiger charge is -2.31. The Labute approximate surface area is 172 Å². The molecule has 3 fully saturated rings. The van der Waals surface area contributed by atoms with Crippen molar-refractivity contribution in [1.29, 1.82) is 0 Å². The molecule has 3 aliphatic heterocycles. The highest BCUT2D eigenvalue weighted by atomic mass is 16.5. The van der Waals surface area contributed by atoms with E-state index in [0.29, 0.717) is 38.6 Å². The van der Waals surface area contributed by atoms with Gasteiger partial charge in [-0.2, -0.15) is 0 Å². The predicted octanol–water partition coefficient (Wildman–Crippen LogP) is 1.51. The second-order valence-corrected chi connectivity index (χ2v) is 8.36. The van der Waals surface area contributed by atoms with Gasteiger partial charge in [0, 0.05) is 57.9 Å². The van der Waals surface area contributed by atoms with E-state index in [1.807, 2.05) is 9.80 Å². The molecule has 2 amide bonds. The van der Waals surface area contributed by atoms with Gasteiger partial charge in [0.15, 0.2) is 0 Å². The van der Waals surface area contributed by atoms with Gasteiger partial charge in [-0.15, -0.1) is 0 Å². The Morgan fingerprint density at radius 1 is 1.17 bits per heavy atom. The number of rotatable bonds is 6. The molecule has 0 aliphatic carbocycles. The third-order valence-electron chi connectivity index (χ3n) is 6.11. The molecule has 4 rings (SSSR count). The Bertz CT molecular complexity index is 723. The summed E-state index contributed by atoms with van der Waals surface area (Å²) in [5, 5.41) is 0. The zero-order valence-corrected chi connectivity index (χ0v) is 17.2. The van der Waals surface area contributed by atoms with E-state index in [0.717, 1.165) is 44.8 Å². The SMILES string of the molecule is COCCC(=O)N1C[C@H]2COC[C@@H]1CN(Cc1ccc(N3CCCC3=O)cc1)C2. The summed E-state index contributed by atoms with van der Waals surface area (Å²) in [4.78, 5) is 30.9. The number of benzene rings is 1. The molecule has 2 bridgehead atoms. The summed E-state index contributed by atoms with van der Waals surface area (Å²) in [5.74, 6) is 0.709. The number of nitrogens with zero attached hydrogens (tertiary/aromatic N) is 3. The Balaban J connectivity index is 1.40. The molecule has 158 valence electrons. The van der Waals surface area contributed by atoms with E-state index < -0.39 is 0 Å². The first-order valence-corrected chi connectivity index (χ1v) is 10.6. The summed E-state index contributed by atoms with van der Waals surface area (Å²) < 4.78 is 10.9. The maximum Gasteiger partial charge on any atom is 0.227 e. The van der Waals surface area contributed by atoms with Gasteiger partial charge >= 0.3 is 0 Å². The Morgan fingerprint density at radius 3 is 2.72 bits per heavy atom. The van der Waals surface area contributed by atoms with E-state index in [4.69, 9.17) is 9.47 Å². The standard InChI is InChI=1S/C22H31N3O4/c1-28-10-8-22(27)25-13-18-12-23(14-20(25)16-29-15-18)11-17-4-6-19(7-5-17)24-9-2-3-21(24)26/h4-7,18,20H,2-3,8-16H2,1H3/t18-,20-/m0/s1. The molecule has 3 aliphatic rings. The molecule has 0 aromatic heterocycles. The number of fused-ring (bicyclic) bond motifs is 3. The fourth-order valence-corrected chi connectivity index (χ4v) is 4.67. The van der Waals surface area contributed by atoms with Gasteiger partial charge in [0.1, 0.15) is 0 Å². The van der Waals surface area contributed by atoms with Crippen LogP contribution >= 0.6 is 0 Å². The number of ether oxygens (including phenoxy) is 2. The Kier molecular flexibility index (Phi) is 6.47. The van der Waals surface area contributed by atoms with Gasteiger partial charge < -0.3 is 19.3 Å². The fraction of sp³-hybridized carbons (Fsp3) is 0.636. The van der Waals surface area contributed by atoms with Crippen LogP contribution in [0.5, 0.6) is 0 Å². The minimum Gasteiger partial charge on any atom is -0.384 e. The maximum absolute atomic E-state index is 12.6. The third kappa shape index (κ3) is 4.79. The van der Waals surface area contributed by atoms with Crippen molar-refractivity contribution < 1.29 is 19.1 Å². The van der Waals surface area contributed by atoms with Crippen molar-refractivity contribution in [2.45, 2.75) is 31.8 Å². The van der Waals surface area contributed by atoms with Crippen LogP contribution in [0.4, 0.5) is 5.69 Å². The molecule has 0 spiro atoms. The van der Waals surface area contributed by atoms with Crippen LogP contribution < -0.4 is 4.90 Å². The zero-order valence-electron chi connectivity index (χ0n) is 17.2. The van der Waals surface area contributed by atoms with E-state index in [-0.39, 0.29) is 17.9 Å². The molecule has 0 radical (unpaired) electrons. The third-order valence-corrected chi connectivity index (χ3v) is 6.11. The first-order chi connectivity index (χ1) is 14.1. The van der Waals surface area contributed by atoms with Crippen LogP contribution in [0.3, 0.4) is 0 Å². The average molecular weight is 402 g/mol. The van der Waals surface area contributed by atoms with Crippen LogP contribution in [0.2, 0.25) is 0 Å². The van der Waals surface area contributed by atoms with Gasteiger partial charge in [-0.1, -0.05) is 12.1 Å². The molecule has 7 heteroatoms. The van der Waals surface area contributed by atoms with Crippen molar-refractivity contribution in [2.24, 2.45) is 5.92 Å². The lowest BCUT2D eigenvalue weighted by Crippen LogP contribution is -2.46. The Hall–Kier alpha value is -1.96. The zero-order chi connectivity index (χ0) is 20.2. The summed E-state index contributed by atoms with van der Waals surface area (Å²) in [6, 6.07) is 8.45. The molecule has 7 nitrogen and oxygen atoms in total. The number of anilines is 1. The van der Waals surface area contributed by atoms with Crippen molar-refractivity contribution in [1.82, 2.24) is 9.80 Å². The largest absolute Gasteiger partial charge is 0.384 e. The molecule has 1 aromatic rings. The number of amides is 2. The smallest absolute Gasteiger partial charge is 0.227 e. The topological polar surface area (TPSA) is 62.3 Å². The molecule has 0 N–H and O–H groups in total. The number of carbonyl (C=O) groups is 2. The normalized spacial score (nSPS) is 25.3. The van der Waals surface area contributed by atoms with Gasteiger partial charge in [0.2, 0.25) is 11.8 Å². The maximum atomic E-state index is 12.6. The monoisotopic (exact) mass is 401 g/mol. The van der Waals surface area contributed by atoms with E-state index >= 15 is 0 Å². The highest BCUT2D eigenvalue weighted by Crippen LogP contribution is 2.24. The first-order valence-electron chi connectivity index (χ1n) is 10.6. The quantitative estimate of drug-likeness (QED) is 0.723. The van der Waals surface area contributed by atoms with Crippen LogP contribution in [0, 0.1) is 5.92 Å². The van der Waals surface area contributed by atoms with Gasteiger partial charge in [-0.05, 0) is 24.1 Å². The van der Waals surface area contributed by atoms with E-state index in [1.54, 1.807) is 7.11 Å². The molecular weight excluding hydrogens is 370 g/mol. The number of carbonyl (C=O) groups excluding carboxylic acids is 2. The molecule has 2 atom stereocenters. The molecular formula is C22H31N3O4. The van der Waals surface area contributed by atoms with Gasteiger partial charge in [0.25, 0.3) is 0 Å². The fourth-order valence-electron chi connectivity index (χ4n) is 4.67. The molecule has 1 aromatic carbocycles. The minimum absolute atomic E-state index is 0.0911. The van der Waals surface area contributed by atoms with E-state index in [2.05, 4.69) is 29.2 Å². The minimum atomic E-state index is 0.0911. The van der Waals surface area contributed by atoms with Crippen molar-refractivity contribution in [3.63, 3.8) is 0 Å². The molecule has 0 unspecified atom stereocenters. The predicted molar refractivity (Wildman–Crippen MR) is 110 cm³/mol. The number of hydrogen-bond acceptors (Lipinski definition) is 5. The highest BCUT2D eigenvalue weighted by Gasteiger charge is 2.35. The van der Waals surface area contributed by atoms with Crippen LogP contribution in [0.1, 0.15) is 24.8 Å². The van der Waals surface area contributed by atoms with Crippen molar-refractivity contribution in [3.8, 4) is 0 Å². The van der Waals surface area contributed by atoms with Crippen LogP contribution in [0.15, 0.2) is 24.3 Å². The number of hydrogen-bond donors (Lipinski definition) is 0. The van der Waals surface area contributed by atoms with Crippen molar-refractivity contribution >= 4 is 17.5 Å². The van der Waals surface area contributed by atoms with Crippen LogP contribution in [-0.4, -0.2) is 80.8 Å². The first kappa shape index (κ1) is 20.3. The van der Waals surface area contributed by atoms with E-state index in [1.165, 1.54) is 5.56 Å². The molecule has 0 saturated carbocycles. The summed E-state index contributed by atoms with van der Waals surface area (Å²) in [6.07, 6.45) is 2.02. The second-order valence-electron chi connectivity index (χ2n) is 8.36. The van der Waals surface area contributed by atoms with E-state index in [9.17, 15) is 9.59 Å². The summed E-state index contributed by atoms with van der Waals surface area (Å²) in [5.41, 5.74) is 2.23. The van der Waals surface area contributed by atoms with Crippen LogP contribution in [0.25, 0.3) is 0 Å². The lowest BCUT2D eigenvalue weighted by atomic mass is 10.1. The van der Waals surface area contributed by atoms with Gasteiger partial charge in [-0.25, -0.2) is 0 Å². The van der Waals surface area contributed by atoms with Crippen molar-refractivity contribution in [2.75, 3.05) is 58.0 Å². The Morgan fingerprint density at radius 2 is 2.00 bits per heavy atom. The molecule has 29 heavy (non-hydrogen) atoms. The van der Waals surface area contributed by atoms with Gasteiger partial charge in [-0.3, -0.25) is 14.5 Å². The molecule has 3 saturated heterocycles. The summed E-state index contributed by atoms with van der Waals surface area (Å²) >= 11 is 0. The summed E-state index contributed by atoms with van der Waals surface area (Å²) in [7, 11) is 1.63. The highest BCUT2D eigenvalue weighted by molar-refractivity contribution is 5.95. The average Bonchev–Trinajstić information content (AvgIpc) is 2.93. The van der Waals surface area contributed by atoms with Crippen molar-refractivity contribution in [3.05, 3.63) is 29.8 Å². The second kappa shape index (κ2) is 9.24. The molecule has 3 heterocycles.